The summed E-state index contributed by atoms with van der Waals surface area (Å²) in [7, 11) is 0. The lowest BCUT2D eigenvalue weighted by Crippen LogP contribution is -2.32. The van der Waals surface area contributed by atoms with Crippen molar-refractivity contribution in [3.05, 3.63) is 45.4 Å². The zero-order valence-electron chi connectivity index (χ0n) is 8.54. The Morgan fingerprint density at radius 2 is 2.06 bits per heavy atom. The van der Waals surface area contributed by atoms with Crippen LogP contribution in [0, 0.1) is 0 Å². The Kier molecular flexibility index (Phi) is 3.66. The van der Waals surface area contributed by atoms with E-state index in [1.165, 1.54) is 0 Å². The molecule has 1 amide bonds. The molecule has 0 aromatic heterocycles. The molecular weight excluding hydrogens is 289 g/mol. The number of hydrogen-bond donors (Lipinski definition) is 1. The second-order valence-corrected chi connectivity index (χ2v) is 5.00. The van der Waals surface area contributed by atoms with E-state index in [9.17, 15) is 4.79 Å². The Morgan fingerprint density at radius 1 is 1.38 bits per heavy atom. The molecule has 0 unspecified atom stereocenters. The number of rotatable bonds is 2. The highest BCUT2D eigenvalue weighted by Gasteiger charge is 2.14. The lowest BCUT2D eigenvalue weighted by Gasteiger charge is -2.12. The number of carbonyl (C=O) groups is 1. The number of benzene rings is 1. The van der Waals surface area contributed by atoms with Crippen molar-refractivity contribution in [1.29, 1.82) is 0 Å². The topological polar surface area (TPSA) is 29.1 Å². The van der Waals surface area contributed by atoms with Crippen LogP contribution in [0.2, 0.25) is 5.02 Å². The first-order valence-electron chi connectivity index (χ1n) is 5.08. The van der Waals surface area contributed by atoms with Crippen LogP contribution in [0.15, 0.2) is 34.8 Å². The van der Waals surface area contributed by atoms with Gasteiger partial charge < -0.3 is 5.32 Å². The fourth-order valence-electron chi connectivity index (χ4n) is 1.64. The van der Waals surface area contributed by atoms with Crippen LogP contribution in [-0.2, 0) is 0 Å². The molecule has 0 saturated heterocycles. The molecule has 0 atom stereocenters. The van der Waals surface area contributed by atoms with Crippen LogP contribution < -0.4 is 5.32 Å². The van der Waals surface area contributed by atoms with Crippen LogP contribution in [0.3, 0.4) is 0 Å². The molecule has 84 valence electrons. The Hall–Kier alpha value is -0.800. The van der Waals surface area contributed by atoms with Gasteiger partial charge in [-0.3, -0.25) is 4.79 Å². The third kappa shape index (κ3) is 2.66. The molecule has 1 aliphatic carbocycles. The van der Waals surface area contributed by atoms with Crippen molar-refractivity contribution in [1.82, 2.24) is 5.32 Å². The molecule has 0 saturated carbocycles. The van der Waals surface area contributed by atoms with Crippen molar-refractivity contribution < 1.29 is 4.79 Å². The van der Waals surface area contributed by atoms with E-state index in [2.05, 4.69) is 33.4 Å². The van der Waals surface area contributed by atoms with Crippen LogP contribution in [0.25, 0.3) is 0 Å². The number of nitrogens with one attached hydrogen (secondary N) is 1. The Balaban J connectivity index is 2.05. The van der Waals surface area contributed by atoms with Gasteiger partial charge >= 0.3 is 0 Å². The highest BCUT2D eigenvalue weighted by atomic mass is 79.9. The summed E-state index contributed by atoms with van der Waals surface area (Å²) in [5.74, 6) is -0.0499. The second-order valence-electron chi connectivity index (χ2n) is 3.74. The molecule has 0 aliphatic heterocycles. The maximum atomic E-state index is 11.9. The molecule has 1 aromatic rings. The molecule has 1 aromatic carbocycles. The highest BCUT2D eigenvalue weighted by Crippen LogP contribution is 2.23. The Labute approximate surface area is 108 Å². The lowest BCUT2D eigenvalue weighted by molar-refractivity contribution is 0.0939. The van der Waals surface area contributed by atoms with Crippen molar-refractivity contribution in [2.75, 3.05) is 0 Å². The Bertz CT molecular complexity index is 437. The molecule has 2 nitrogen and oxygen atoms in total. The van der Waals surface area contributed by atoms with Crippen molar-refractivity contribution in [3.63, 3.8) is 0 Å². The summed E-state index contributed by atoms with van der Waals surface area (Å²) in [4.78, 5) is 11.9. The van der Waals surface area contributed by atoms with Gasteiger partial charge in [0.2, 0.25) is 0 Å². The van der Waals surface area contributed by atoms with Gasteiger partial charge in [0.15, 0.2) is 0 Å². The molecule has 1 aliphatic rings. The van der Waals surface area contributed by atoms with E-state index in [1.807, 2.05) is 0 Å². The SMILES string of the molecule is O=C(NC1CC=CC1)c1ccc(Cl)c(Br)c1. The highest BCUT2D eigenvalue weighted by molar-refractivity contribution is 9.10. The number of halogens is 2. The van der Waals surface area contributed by atoms with Crippen LogP contribution >= 0.6 is 27.5 Å². The molecule has 4 heteroatoms. The summed E-state index contributed by atoms with van der Waals surface area (Å²) < 4.78 is 0.742. The first-order chi connectivity index (χ1) is 7.66. The predicted octanol–water partition coefficient (Wildman–Crippen LogP) is 3.55. The quantitative estimate of drug-likeness (QED) is 0.832. The van der Waals surface area contributed by atoms with Gasteiger partial charge in [0.1, 0.15) is 0 Å². The van der Waals surface area contributed by atoms with Crippen LogP contribution in [0.4, 0.5) is 0 Å². The fourth-order valence-corrected chi connectivity index (χ4v) is 2.14. The zero-order valence-corrected chi connectivity index (χ0v) is 10.9. The average Bonchev–Trinajstić information content (AvgIpc) is 2.74. The smallest absolute Gasteiger partial charge is 0.251 e. The van der Waals surface area contributed by atoms with Gasteiger partial charge in [-0.05, 0) is 47.0 Å². The third-order valence-electron chi connectivity index (χ3n) is 2.52. The van der Waals surface area contributed by atoms with Crippen molar-refractivity contribution >= 4 is 33.4 Å². The second kappa shape index (κ2) is 5.02. The molecule has 0 radical (unpaired) electrons. The van der Waals surface area contributed by atoms with E-state index in [1.54, 1.807) is 18.2 Å². The first-order valence-corrected chi connectivity index (χ1v) is 6.25. The van der Waals surface area contributed by atoms with Gasteiger partial charge in [0, 0.05) is 16.1 Å². The van der Waals surface area contributed by atoms with Gasteiger partial charge in [-0.15, -0.1) is 0 Å². The maximum absolute atomic E-state index is 11.9. The van der Waals surface area contributed by atoms with E-state index >= 15 is 0 Å². The minimum Gasteiger partial charge on any atom is -0.349 e. The number of hydrogen-bond acceptors (Lipinski definition) is 1. The monoisotopic (exact) mass is 299 g/mol. The zero-order chi connectivity index (χ0) is 11.5. The molecule has 0 fully saturated rings. The fraction of sp³-hybridized carbons (Fsp3) is 0.250. The minimum atomic E-state index is -0.0499. The van der Waals surface area contributed by atoms with Gasteiger partial charge in [-0.25, -0.2) is 0 Å². The molecule has 2 rings (SSSR count). The van der Waals surface area contributed by atoms with Crippen molar-refractivity contribution in [3.8, 4) is 0 Å². The molecule has 0 bridgehead atoms. The summed E-state index contributed by atoms with van der Waals surface area (Å²) >= 11 is 9.17. The van der Waals surface area contributed by atoms with Crippen molar-refractivity contribution in [2.45, 2.75) is 18.9 Å². The standard InChI is InChI=1S/C12H11BrClNO/c13-10-7-8(5-6-11(10)14)12(16)15-9-3-1-2-4-9/h1-2,5-7,9H,3-4H2,(H,15,16). The van der Waals surface area contributed by atoms with E-state index in [-0.39, 0.29) is 11.9 Å². The molecule has 16 heavy (non-hydrogen) atoms. The summed E-state index contributed by atoms with van der Waals surface area (Å²) in [6.45, 7) is 0. The van der Waals surface area contributed by atoms with Gasteiger partial charge in [-0.2, -0.15) is 0 Å². The van der Waals surface area contributed by atoms with Gasteiger partial charge in [0.05, 0.1) is 5.02 Å². The maximum Gasteiger partial charge on any atom is 0.251 e. The third-order valence-corrected chi connectivity index (χ3v) is 3.74. The summed E-state index contributed by atoms with van der Waals surface area (Å²) in [5, 5.41) is 3.59. The van der Waals surface area contributed by atoms with Crippen LogP contribution in [-0.4, -0.2) is 11.9 Å². The van der Waals surface area contributed by atoms with Crippen LogP contribution in [0.5, 0.6) is 0 Å². The lowest BCUT2D eigenvalue weighted by atomic mass is 10.2. The largest absolute Gasteiger partial charge is 0.349 e. The summed E-state index contributed by atoms with van der Waals surface area (Å²) in [6, 6.07) is 5.42. The van der Waals surface area contributed by atoms with Gasteiger partial charge in [0.25, 0.3) is 5.91 Å². The average molecular weight is 301 g/mol. The Morgan fingerprint density at radius 3 is 2.69 bits per heavy atom. The van der Waals surface area contributed by atoms with Crippen molar-refractivity contribution in [2.24, 2.45) is 0 Å². The molecule has 0 spiro atoms. The number of carbonyl (C=O) groups excluding carboxylic acids is 1. The van der Waals surface area contributed by atoms with Gasteiger partial charge in [-0.1, -0.05) is 23.8 Å². The van der Waals surface area contributed by atoms with E-state index in [0.29, 0.717) is 10.6 Å². The molecule has 0 heterocycles. The summed E-state index contributed by atoms with van der Waals surface area (Å²) in [5.41, 5.74) is 0.628. The summed E-state index contributed by atoms with van der Waals surface area (Å²) in [6.07, 6.45) is 6.01. The van der Waals surface area contributed by atoms with E-state index in [4.69, 9.17) is 11.6 Å². The first kappa shape index (κ1) is 11.7. The molecule has 1 N–H and O–H groups in total. The predicted molar refractivity (Wildman–Crippen MR) is 68.8 cm³/mol. The van der Waals surface area contributed by atoms with Crippen LogP contribution in [0.1, 0.15) is 23.2 Å². The normalized spacial score (nSPS) is 15.4. The minimum absolute atomic E-state index is 0.0499. The molecular formula is C12H11BrClNO. The number of amides is 1. The van der Waals surface area contributed by atoms with E-state index < -0.39 is 0 Å². The van der Waals surface area contributed by atoms with E-state index in [0.717, 1.165) is 17.3 Å².